The van der Waals surface area contributed by atoms with E-state index in [9.17, 15) is 14.7 Å². The largest absolute Gasteiger partial charge is 0.478 e. The van der Waals surface area contributed by atoms with E-state index in [1.165, 1.54) is 12.1 Å². The van der Waals surface area contributed by atoms with Gasteiger partial charge in [-0.15, -0.1) is 0 Å². The summed E-state index contributed by atoms with van der Waals surface area (Å²) in [7, 11) is 0. The molecule has 0 heterocycles. The molecular formula is C15H11Cl2NO4. The topological polar surface area (TPSA) is 75.6 Å². The second-order valence-electron chi connectivity index (χ2n) is 4.28. The van der Waals surface area contributed by atoms with Gasteiger partial charge in [0.1, 0.15) is 0 Å². The van der Waals surface area contributed by atoms with Crippen molar-refractivity contribution in [2.75, 3.05) is 5.32 Å². The van der Waals surface area contributed by atoms with Gasteiger partial charge in [0.05, 0.1) is 0 Å². The highest BCUT2D eigenvalue weighted by Gasteiger charge is 2.26. The number of benzene rings is 2. The lowest BCUT2D eigenvalue weighted by molar-refractivity contribution is -0.146. The average molecular weight is 340 g/mol. The second-order valence-corrected chi connectivity index (χ2v) is 5.12. The van der Waals surface area contributed by atoms with E-state index in [1.807, 2.05) is 0 Å². The molecule has 0 aliphatic rings. The Hall–Kier alpha value is -2.24. The normalized spacial score (nSPS) is 11.5. The molecule has 0 aliphatic carbocycles. The zero-order valence-electron chi connectivity index (χ0n) is 11.1. The highest BCUT2D eigenvalue weighted by molar-refractivity contribution is 6.31. The van der Waals surface area contributed by atoms with Crippen LogP contribution in [-0.4, -0.2) is 17.2 Å². The second kappa shape index (κ2) is 7.15. The van der Waals surface area contributed by atoms with Gasteiger partial charge in [-0.25, -0.2) is 9.59 Å². The summed E-state index contributed by atoms with van der Waals surface area (Å²) in [5.74, 6) is -1.32. The van der Waals surface area contributed by atoms with Crippen LogP contribution in [-0.2, 0) is 9.53 Å². The van der Waals surface area contributed by atoms with Crippen LogP contribution in [0.4, 0.5) is 10.5 Å². The number of anilines is 1. The van der Waals surface area contributed by atoms with Gasteiger partial charge < -0.3 is 9.84 Å². The summed E-state index contributed by atoms with van der Waals surface area (Å²) in [5.41, 5.74) is 0.626. The number of carbonyl (C=O) groups excluding carboxylic acids is 1. The lowest BCUT2D eigenvalue weighted by atomic mass is 10.1. The molecule has 0 aliphatic heterocycles. The number of carboxylic acids is 1. The van der Waals surface area contributed by atoms with E-state index in [1.54, 1.807) is 36.4 Å². The predicted molar refractivity (Wildman–Crippen MR) is 83.4 cm³/mol. The Bertz CT molecular complexity index is 688. The van der Waals surface area contributed by atoms with Gasteiger partial charge in [-0.2, -0.15) is 0 Å². The van der Waals surface area contributed by atoms with Crippen molar-refractivity contribution in [2.45, 2.75) is 6.10 Å². The Labute approximate surface area is 136 Å². The van der Waals surface area contributed by atoms with E-state index in [0.717, 1.165) is 0 Å². The van der Waals surface area contributed by atoms with Crippen molar-refractivity contribution in [2.24, 2.45) is 0 Å². The van der Waals surface area contributed by atoms with Crippen LogP contribution in [0.2, 0.25) is 10.0 Å². The summed E-state index contributed by atoms with van der Waals surface area (Å²) >= 11 is 11.7. The van der Waals surface area contributed by atoms with Gasteiger partial charge in [-0.1, -0.05) is 41.4 Å². The molecule has 0 radical (unpaired) electrons. The van der Waals surface area contributed by atoms with E-state index in [2.05, 4.69) is 5.32 Å². The zero-order valence-corrected chi connectivity index (χ0v) is 12.6. The summed E-state index contributed by atoms with van der Waals surface area (Å²) in [5, 5.41) is 12.4. The number of hydrogen-bond acceptors (Lipinski definition) is 3. The number of ether oxygens (including phenoxy) is 1. The smallest absolute Gasteiger partial charge is 0.412 e. The first-order valence-corrected chi connectivity index (χ1v) is 6.93. The minimum Gasteiger partial charge on any atom is -0.478 e. The standard InChI is InChI=1S/C15H11Cl2NO4/c16-9-5-7-10(8-6-9)18-15(21)22-13(14(19)20)11-3-1-2-4-12(11)17/h1-8,13H,(H,18,21)(H,19,20)/t13-/m1/s1. The van der Waals surface area contributed by atoms with E-state index in [4.69, 9.17) is 27.9 Å². The van der Waals surface area contributed by atoms with Crippen LogP contribution in [0.1, 0.15) is 11.7 Å². The first-order valence-electron chi connectivity index (χ1n) is 6.18. The maximum absolute atomic E-state index is 11.8. The number of carboxylic acid groups (broad SMARTS) is 1. The molecule has 0 bridgehead atoms. The first-order chi connectivity index (χ1) is 10.5. The van der Waals surface area contributed by atoms with Crippen LogP contribution in [0, 0.1) is 0 Å². The van der Waals surface area contributed by atoms with Crippen LogP contribution < -0.4 is 5.32 Å². The van der Waals surface area contributed by atoms with Crippen molar-refractivity contribution < 1.29 is 19.4 Å². The molecule has 0 fully saturated rings. The molecular weight excluding hydrogens is 329 g/mol. The van der Waals surface area contributed by atoms with Crippen LogP contribution >= 0.6 is 23.2 Å². The SMILES string of the molecule is O=C(Nc1ccc(Cl)cc1)O[C@@H](C(=O)O)c1ccccc1Cl. The van der Waals surface area contributed by atoms with Gasteiger partial charge >= 0.3 is 12.1 Å². The minimum absolute atomic E-state index is 0.197. The monoisotopic (exact) mass is 339 g/mol. The van der Waals surface area contributed by atoms with Crippen LogP contribution in [0.5, 0.6) is 0 Å². The fourth-order valence-corrected chi connectivity index (χ4v) is 2.08. The van der Waals surface area contributed by atoms with E-state index in [0.29, 0.717) is 10.7 Å². The van der Waals surface area contributed by atoms with Gasteiger partial charge in [0.2, 0.25) is 6.10 Å². The third-order valence-electron chi connectivity index (χ3n) is 2.73. The number of carbonyl (C=O) groups is 2. The van der Waals surface area contributed by atoms with Gasteiger partial charge in [0.15, 0.2) is 0 Å². The van der Waals surface area contributed by atoms with Gasteiger partial charge in [0, 0.05) is 21.3 Å². The van der Waals surface area contributed by atoms with Gasteiger partial charge in [-0.3, -0.25) is 5.32 Å². The van der Waals surface area contributed by atoms with Gasteiger partial charge in [-0.05, 0) is 30.3 Å². The molecule has 1 amide bonds. The molecule has 2 N–H and O–H groups in total. The van der Waals surface area contributed by atoms with Gasteiger partial charge in [0.25, 0.3) is 0 Å². The molecule has 2 aromatic rings. The quantitative estimate of drug-likeness (QED) is 0.867. The molecule has 1 atom stereocenters. The highest BCUT2D eigenvalue weighted by Crippen LogP contribution is 2.26. The predicted octanol–water partition coefficient (Wildman–Crippen LogP) is 4.37. The van der Waals surface area contributed by atoms with Crippen LogP contribution in [0.25, 0.3) is 0 Å². The van der Waals surface area contributed by atoms with Crippen molar-refractivity contribution in [3.63, 3.8) is 0 Å². The Morgan fingerprint density at radius 2 is 1.68 bits per heavy atom. The fraction of sp³-hybridized carbons (Fsp3) is 0.0667. The lowest BCUT2D eigenvalue weighted by Crippen LogP contribution is -2.23. The number of nitrogens with one attached hydrogen (secondary N) is 1. The Morgan fingerprint density at radius 1 is 1.05 bits per heavy atom. The van der Waals surface area contributed by atoms with E-state index < -0.39 is 18.2 Å². The number of rotatable bonds is 4. The highest BCUT2D eigenvalue weighted by atomic mass is 35.5. The molecule has 2 rings (SSSR count). The molecule has 0 saturated heterocycles. The molecule has 114 valence electrons. The Morgan fingerprint density at radius 3 is 2.27 bits per heavy atom. The molecule has 0 unspecified atom stereocenters. The van der Waals surface area contributed by atoms with Crippen molar-refractivity contribution in [1.29, 1.82) is 0 Å². The van der Waals surface area contributed by atoms with Crippen molar-refractivity contribution >= 4 is 41.0 Å². The Kier molecular flexibility index (Phi) is 5.25. The van der Waals surface area contributed by atoms with Crippen LogP contribution in [0.15, 0.2) is 48.5 Å². The summed E-state index contributed by atoms with van der Waals surface area (Å²) in [6.07, 6.45) is -2.41. The molecule has 22 heavy (non-hydrogen) atoms. The number of aliphatic carboxylic acids is 1. The summed E-state index contributed by atoms with van der Waals surface area (Å²) in [6.45, 7) is 0. The molecule has 5 nitrogen and oxygen atoms in total. The third-order valence-corrected chi connectivity index (χ3v) is 3.32. The molecule has 0 spiro atoms. The van der Waals surface area contributed by atoms with E-state index >= 15 is 0 Å². The molecule has 7 heteroatoms. The first kappa shape index (κ1) is 16.1. The molecule has 0 saturated carbocycles. The average Bonchev–Trinajstić information content (AvgIpc) is 2.48. The van der Waals surface area contributed by atoms with Crippen molar-refractivity contribution in [3.8, 4) is 0 Å². The fourth-order valence-electron chi connectivity index (χ4n) is 1.72. The summed E-state index contributed by atoms with van der Waals surface area (Å²) in [4.78, 5) is 23.1. The number of halogens is 2. The number of hydrogen-bond donors (Lipinski definition) is 2. The Balaban J connectivity index is 2.11. The third kappa shape index (κ3) is 4.13. The van der Waals surface area contributed by atoms with Crippen molar-refractivity contribution in [3.05, 3.63) is 64.1 Å². The summed E-state index contributed by atoms with van der Waals surface area (Å²) < 4.78 is 4.95. The maximum atomic E-state index is 11.8. The number of amides is 1. The zero-order chi connectivity index (χ0) is 16.1. The minimum atomic E-state index is -1.50. The van der Waals surface area contributed by atoms with E-state index in [-0.39, 0.29) is 10.6 Å². The summed E-state index contributed by atoms with van der Waals surface area (Å²) in [6, 6.07) is 12.6. The van der Waals surface area contributed by atoms with Crippen LogP contribution in [0.3, 0.4) is 0 Å². The lowest BCUT2D eigenvalue weighted by Gasteiger charge is -2.15. The maximum Gasteiger partial charge on any atom is 0.412 e. The molecule has 2 aromatic carbocycles. The van der Waals surface area contributed by atoms with Crippen molar-refractivity contribution in [1.82, 2.24) is 0 Å². The molecule has 0 aromatic heterocycles.